The normalized spacial score (nSPS) is 10.8. The highest BCUT2D eigenvalue weighted by Crippen LogP contribution is 2.26. The van der Waals surface area contributed by atoms with Gasteiger partial charge in [0.1, 0.15) is 17.9 Å². The van der Waals surface area contributed by atoms with Crippen molar-refractivity contribution in [2.24, 2.45) is 5.73 Å². The lowest BCUT2D eigenvalue weighted by Gasteiger charge is -2.06. The molecule has 0 saturated carbocycles. The number of furan rings is 1. The molecule has 0 aliphatic heterocycles. The van der Waals surface area contributed by atoms with Crippen LogP contribution in [-0.4, -0.2) is 0 Å². The van der Waals surface area contributed by atoms with Gasteiger partial charge < -0.3 is 14.9 Å². The number of nitrogens with two attached hydrogens (primary N) is 1. The Bertz CT molecular complexity index is 674. The fraction of sp³-hybridized carbons (Fsp3) is 0.125. The average Bonchev–Trinajstić information content (AvgIpc) is 2.88. The zero-order valence-electron chi connectivity index (χ0n) is 10.5. The summed E-state index contributed by atoms with van der Waals surface area (Å²) in [6.07, 6.45) is 1.70. The highest BCUT2D eigenvalue weighted by Gasteiger charge is 2.06. The second-order valence-corrected chi connectivity index (χ2v) is 4.40. The second-order valence-electron chi connectivity index (χ2n) is 4.40. The van der Waals surface area contributed by atoms with Crippen LogP contribution in [0.4, 0.5) is 0 Å². The summed E-state index contributed by atoms with van der Waals surface area (Å²) >= 11 is 0. The van der Waals surface area contributed by atoms with Crippen LogP contribution in [0, 0.1) is 0 Å². The number of benzene rings is 2. The summed E-state index contributed by atoms with van der Waals surface area (Å²) < 4.78 is 11.2. The SMILES string of the molecule is NCc1coc2ccc(OCc3ccccc3)cc12. The van der Waals surface area contributed by atoms with Gasteiger partial charge in [-0.15, -0.1) is 0 Å². The van der Waals surface area contributed by atoms with Crippen molar-refractivity contribution in [1.82, 2.24) is 0 Å². The Labute approximate surface area is 111 Å². The minimum Gasteiger partial charge on any atom is -0.489 e. The quantitative estimate of drug-likeness (QED) is 0.774. The molecule has 19 heavy (non-hydrogen) atoms. The molecular formula is C16H15NO2. The number of hydrogen-bond donors (Lipinski definition) is 1. The Kier molecular flexibility index (Phi) is 3.21. The predicted octanol–water partition coefficient (Wildman–Crippen LogP) is 3.47. The van der Waals surface area contributed by atoms with Gasteiger partial charge in [-0.05, 0) is 23.8 Å². The van der Waals surface area contributed by atoms with Crippen LogP contribution in [0.2, 0.25) is 0 Å². The van der Waals surface area contributed by atoms with Crippen LogP contribution in [0.3, 0.4) is 0 Å². The lowest BCUT2D eigenvalue weighted by Crippen LogP contribution is -1.96. The van der Waals surface area contributed by atoms with Gasteiger partial charge >= 0.3 is 0 Å². The first-order chi connectivity index (χ1) is 9.36. The van der Waals surface area contributed by atoms with E-state index in [1.807, 2.05) is 48.5 Å². The zero-order valence-corrected chi connectivity index (χ0v) is 10.5. The molecule has 96 valence electrons. The number of rotatable bonds is 4. The van der Waals surface area contributed by atoms with Gasteiger partial charge in [-0.1, -0.05) is 30.3 Å². The van der Waals surface area contributed by atoms with Gasteiger partial charge in [0, 0.05) is 17.5 Å². The van der Waals surface area contributed by atoms with E-state index in [1.165, 1.54) is 0 Å². The molecule has 0 spiro atoms. The molecule has 0 fully saturated rings. The summed E-state index contributed by atoms with van der Waals surface area (Å²) in [6.45, 7) is 1.03. The molecular weight excluding hydrogens is 238 g/mol. The molecule has 3 nitrogen and oxygen atoms in total. The third-order valence-corrected chi connectivity index (χ3v) is 3.09. The van der Waals surface area contributed by atoms with Gasteiger partial charge in [-0.2, -0.15) is 0 Å². The molecule has 0 amide bonds. The van der Waals surface area contributed by atoms with Crippen LogP contribution in [0.15, 0.2) is 59.2 Å². The molecule has 0 saturated heterocycles. The fourth-order valence-electron chi connectivity index (χ4n) is 2.05. The molecule has 3 rings (SSSR count). The van der Waals surface area contributed by atoms with Gasteiger partial charge in [0.25, 0.3) is 0 Å². The summed E-state index contributed by atoms with van der Waals surface area (Å²) in [5, 5.41) is 1.02. The molecule has 3 heteroatoms. The van der Waals surface area contributed by atoms with E-state index in [2.05, 4.69) is 0 Å². The van der Waals surface area contributed by atoms with Crippen LogP contribution in [0.5, 0.6) is 5.75 Å². The van der Waals surface area contributed by atoms with Crippen molar-refractivity contribution in [2.45, 2.75) is 13.2 Å². The van der Waals surface area contributed by atoms with Crippen molar-refractivity contribution in [1.29, 1.82) is 0 Å². The topological polar surface area (TPSA) is 48.4 Å². The van der Waals surface area contributed by atoms with E-state index in [4.69, 9.17) is 14.9 Å². The first-order valence-electron chi connectivity index (χ1n) is 6.24. The summed E-state index contributed by atoms with van der Waals surface area (Å²) in [6, 6.07) is 15.9. The van der Waals surface area contributed by atoms with Gasteiger partial charge in [0.15, 0.2) is 0 Å². The fourth-order valence-corrected chi connectivity index (χ4v) is 2.05. The van der Waals surface area contributed by atoms with Crippen LogP contribution in [0.1, 0.15) is 11.1 Å². The van der Waals surface area contributed by atoms with Crippen LogP contribution in [0.25, 0.3) is 11.0 Å². The molecule has 1 heterocycles. The molecule has 1 aromatic heterocycles. The molecule has 0 unspecified atom stereocenters. The van der Waals surface area contributed by atoms with Crippen molar-refractivity contribution < 1.29 is 9.15 Å². The van der Waals surface area contributed by atoms with Gasteiger partial charge in [-0.3, -0.25) is 0 Å². The Morgan fingerprint density at radius 1 is 1.05 bits per heavy atom. The Morgan fingerprint density at radius 3 is 2.68 bits per heavy atom. The maximum absolute atomic E-state index is 5.79. The van der Waals surface area contributed by atoms with Gasteiger partial charge in [0.2, 0.25) is 0 Å². The minimum absolute atomic E-state index is 0.467. The zero-order chi connectivity index (χ0) is 13.1. The van der Waals surface area contributed by atoms with Crippen molar-refractivity contribution in [2.75, 3.05) is 0 Å². The Balaban J connectivity index is 1.81. The maximum atomic E-state index is 5.79. The maximum Gasteiger partial charge on any atom is 0.134 e. The van der Waals surface area contributed by atoms with E-state index < -0.39 is 0 Å². The van der Waals surface area contributed by atoms with E-state index in [1.54, 1.807) is 6.26 Å². The predicted molar refractivity (Wildman–Crippen MR) is 74.9 cm³/mol. The van der Waals surface area contributed by atoms with E-state index in [9.17, 15) is 0 Å². The first kappa shape index (κ1) is 11.8. The van der Waals surface area contributed by atoms with Crippen LogP contribution in [-0.2, 0) is 13.2 Å². The van der Waals surface area contributed by atoms with E-state index in [0.717, 1.165) is 27.8 Å². The molecule has 2 N–H and O–H groups in total. The van der Waals surface area contributed by atoms with Gasteiger partial charge in [-0.25, -0.2) is 0 Å². The number of ether oxygens (including phenoxy) is 1. The third-order valence-electron chi connectivity index (χ3n) is 3.09. The monoisotopic (exact) mass is 253 g/mol. The van der Waals surface area contributed by atoms with Crippen LogP contribution < -0.4 is 10.5 Å². The lowest BCUT2D eigenvalue weighted by atomic mass is 10.1. The van der Waals surface area contributed by atoms with Crippen molar-refractivity contribution >= 4 is 11.0 Å². The standard InChI is InChI=1S/C16H15NO2/c17-9-13-11-19-16-7-6-14(8-15(13)16)18-10-12-4-2-1-3-5-12/h1-8,11H,9-10,17H2. The first-order valence-corrected chi connectivity index (χ1v) is 6.24. The highest BCUT2D eigenvalue weighted by atomic mass is 16.5. The number of hydrogen-bond acceptors (Lipinski definition) is 3. The molecule has 0 aliphatic carbocycles. The van der Waals surface area contributed by atoms with E-state index >= 15 is 0 Å². The Morgan fingerprint density at radius 2 is 1.89 bits per heavy atom. The highest BCUT2D eigenvalue weighted by molar-refractivity contribution is 5.82. The molecule has 0 bridgehead atoms. The van der Waals surface area contributed by atoms with E-state index in [-0.39, 0.29) is 0 Å². The summed E-state index contributed by atoms with van der Waals surface area (Å²) in [4.78, 5) is 0. The summed E-state index contributed by atoms with van der Waals surface area (Å²) in [5.74, 6) is 0.826. The molecule has 2 aromatic carbocycles. The summed E-state index contributed by atoms with van der Waals surface area (Å²) in [5.41, 5.74) is 8.66. The minimum atomic E-state index is 0.467. The third kappa shape index (κ3) is 2.46. The smallest absolute Gasteiger partial charge is 0.134 e. The van der Waals surface area contributed by atoms with E-state index in [0.29, 0.717) is 13.2 Å². The molecule has 3 aromatic rings. The second kappa shape index (κ2) is 5.16. The van der Waals surface area contributed by atoms with Crippen molar-refractivity contribution in [3.8, 4) is 5.75 Å². The Hall–Kier alpha value is -2.26. The molecule has 0 atom stereocenters. The summed E-state index contributed by atoms with van der Waals surface area (Å²) in [7, 11) is 0. The largest absolute Gasteiger partial charge is 0.489 e. The van der Waals surface area contributed by atoms with Crippen molar-refractivity contribution in [3.63, 3.8) is 0 Å². The van der Waals surface area contributed by atoms with Crippen LogP contribution >= 0.6 is 0 Å². The lowest BCUT2D eigenvalue weighted by molar-refractivity contribution is 0.306. The molecule has 0 radical (unpaired) electrons. The number of fused-ring (bicyclic) bond motifs is 1. The van der Waals surface area contributed by atoms with Gasteiger partial charge in [0.05, 0.1) is 6.26 Å². The van der Waals surface area contributed by atoms with Crippen molar-refractivity contribution in [3.05, 3.63) is 65.9 Å². The average molecular weight is 253 g/mol. The molecule has 0 aliphatic rings.